The van der Waals surface area contributed by atoms with Crippen LogP contribution in [-0.4, -0.2) is 43.6 Å². The molecule has 0 unspecified atom stereocenters. The van der Waals surface area contributed by atoms with Crippen LogP contribution in [-0.2, 0) is 11.2 Å². The summed E-state index contributed by atoms with van der Waals surface area (Å²) >= 11 is 0. The second-order valence-corrected chi connectivity index (χ2v) is 5.94. The van der Waals surface area contributed by atoms with Gasteiger partial charge in [-0.3, -0.25) is 4.79 Å². The van der Waals surface area contributed by atoms with Crippen molar-refractivity contribution in [2.45, 2.75) is 39.5 Å². The topological polar surface area (TPSA) is 41.6 Å². The number of hydrogen-bond acceptors (Lipinski definition) is 3. The molecule has 0 radical (unpaired) electrons. The van der Waals surface area contributed by atoms with Gasteiger partial charge in [-0.15, -0.1) is 0 Å². The Hall–Kier alpha value is -1.55. The van der Waals surface area contributed by atoms with Gasteiger partial charge in [0, 0.05) is 32.6 Å². The molecule has 4 heteroatoms. The highest BCUT2D eigenvalue weighted by molar-refractivity contribution is 5.76. The third-order valence-electron chi connectivity index (χ3n) is 3.98. The first kappa shape index (κ1) is 16.8. The van der Waals surface area contributed by atoms with E-state index in [-0.39, 0.29) is 5.91 Å². The predicted octanol–water partition coefficient (Wildman–Crippen LogP) is 2.54. The summed E-state index contributed by atoms with van der Waals surface area (Å²) in [6.07, 6.45) is 3.42. The Morgan fingerprint density at radius 1 is 1.32 bits per heavy atom. The van der Waals surface area contributed by atoms with Crippen molar-refractivity contribution < 1.29 is 9.53 Å². The Labute approximate surface area is 133 Å². The zero-order valence-corrected chi connectivity index (χ0v) is 13.9. The molecular formula is C18H28N2O2. The second kappa shape index (κ2) is 8.79. The number of rotatable bonds is 7. The highest BCUT2D eigenvalue weighted by atomic mass is 16.5. The van der Waals surface area contributed by atoms with E-state index in [0.717, 1.165) is 57.8 Å². The molecule has 22 heavy (non-hydrogen) atoms. The first-order valence-corrected chi connectivity index (χ1v) is 8.41. The Morgan fingerprint density at radius 3 is 2.82 bits per heavy atom. The van der Waals surface area contributed by atoms with E-state index in [1.807, 2.05) is 4.90 Å². The van der Waals surface area contributed by atoms with Gasteiger partial charge in [0.25, 0.3) is 0 Å². The number of benzene rings is 1. The number of hydrogen-bond donors (Lipinski definition) is 1. The first-order chi connectivity index (χ1) is 10.7. The molecule has 0 aliphatic carbocycles. The molecule has 1 N–H and O–H groups in total. The molecule has 1 saturated heterocycles. The molecule has 1 aliphatic rings. The summed E-state index contributed by atoms with van der Waals surface area (Å²) in [5.41, 5.74) is 2.47. The molecule has 1 heterocycles. The fourth-order valence-corrected chi connectivity index (χ4v) is 2.76. The minimum Gasteiger partial charge on any atom is -0.493 e. The van der Waals surface area contributed by atoms with Crippen LogP contribution in [0, 0.1) is 6.92 Å². The number of nitrogens with zero attached hydrogens (tertiary/aromatic N) is 1. The fraction of sp³-hybridized carbons (Fsp3) is 0.611. The number of carbonyl (C=O) groups excluding carboxylic acids is 1. The molecule has 4 nitrogen and oxygen atoms in total. The molecule has 1 aromatic rings. The van der Waals surface area contributed by atoms with Gasteiger partial charge in [0.05, 0.1) is 6.61 Å². The van der Waals surface area contributed by atoms with Crippen molar-refractivity contribution in [3.63, 3.8) is 0 Å². The van der Waals surface area contributed by atoms with Crippen molar-refractivity contribution in [2.24, 2.45) is 0 Å². The maximum atomic E-state index is 12.2. The van der Waals surface area contributed by atoms with Gasteiger partial charge < -0.3 is 15.0 Å². The molecule has 0 aromatic heterocycles. The van der Waals surface area contributed by atoms with E-state index >= 15 is 0 Å². The van der Waals surface area contributed by atoms with E-state index in [9.17, 15) is 4.79 Å². The van der Waals surface area contributed by atoms with Crippen molar-refractivity contribution in [2.75, 3.05) is 32.8 Å². The zero-order valence-electron chi connectivity index (χ0n) is 13.9. The Bertz CT molecular complexity index is 482. The van der Waals surface area contributed by atoms with Crippen molar-refractivity contribution >= 4 is 5.91 Å². The lowest BCUT2D eigenvalue weighted by molar-refractivity contribution is -0.131. The lowest BCUT2D eigenvalue weighted by Crippen LogP contribution is -2.46. The fourth-order valence-electron chi connectivity index (χ4n) is 2.76. The van der Waals surface area contributed by atoms with Crippen molar-refractivity contribution in [1.29, 1.82) is 0 Å². The van der Waals surface area contributed by atoms with Crippen LogP contribution in [0.2, 0.25) is 0 Å². The predicted molar refractivity (Wildman–Crippen MR) is 89.4 cm³/mol. The van der Waals surface area contributed by atoms with Gasteiger partial charge in [-0.1, -0.05) is 24.6 Å². The summed E-state index contributed by atoms with van der Waals surface area (Å²) in [5, 5.41) is 3.27. The Kier molecular flexibility index (Phi) is 6.72. The van der Waals surface area contributed by atoms with Gasteiger partial charge in [0.1, 0.15) is 5.75 Å². The smallest absolute Gasteiger partial charge is 0.222 e. The third-order valence-corrected chi connectivity index (χ3v) is 3.98. The standard InChI is InChI=1S/C18H28N2O2/c1-3-13-22-17-8-7-15(2)14-16(17)5-4-6-18(21)20-11-9-19-10-12-20/h7-8,14,19H,3-6,9-13H2,1-2H3. The minimum absolute atomic E-state index is 0.283. The summed E-state index contributed by atoms with van der Waals surface area (Å²) in [5.74, 6) is 1.26. The average Bonchev–Trinajstić information content (AvgIpc) is 2.55. The van der Waals surface area contributed by atoms with E-state index in [1.54, 1.807) is 0 Å². The normalized spacial score (nSPS) is 14.9. The number of amides is 1. The van der Waals surface area contributed by atoms with Gasteiger partial charge in [0.2, 0.25) is 5.91 Å². The minimum atomic E-state index is 0.283. The van der Waals surface area contributed by atoms with Gasteiger partial charge in [-0.25, -0.2) is 0 Å². The number of carbonyl (C=O) groups is 1. The largest absolute Gasteiger partial charge is 0.493 e. The van der Waals surface area contributed by atoms with E-state index in [0.29, 0.717) is 6.42 Å². The van der Waals surface area contributed by atoms with Crippen LogP contribution in [0.1, 0.15) is 37.3 Å². The SMILES string of the molecule is CCCOc1ccc(C)cc1CCCC(=O)N1CCNCC1. The molecule has 1 aliphatic heterocycles. The molecule has 1 fully saturated rings. The first-order valence-electron chi connectivity index (χ1n) is 8.41. The second-order valence-electron chi connectivity index (χ2n) is 5.94. The summed E-state index contributed by atoms with van der Waals surface area (Å²) in [6.45, 7) is 8.47. The van der Waals surface area contributed by atoms with Crippen LogP contribution in [0.3, 0.4) is 0 Å². The quantitative estimate of drug-likeness (QED) is 0.841. The van der Waals surface area contributed by atoms with Crippen LogP contribution < -0.4 is 10.1 Å². The van der Waals surface area contributed by atoms with Crippen LogP contribution in [0.5, 0.6) is 5.75 Å². The maximum absolute atomic E-state index is 12.2. The summed E-state index contributed by atoms with van der Waals surface area (Å²) in [4.78, 5) is 14.2. The molecule has 0 saturated carbocycles. The highest BCUT2D eigenvalue weighted by Crippen LogP contribution is 2.22. The summed E-state index contributed by atoms with van der Waals surface area (Å²) in [7, 11) is 0. The molecule has 0 bridgehead atoms. The number of ether oxygens (including phenoxy) is 1. The molecule has 0 atom stereocenters. The van der Waals surface area contributed by atoms with E-state index in [1.165, 1.54) is 11.1 Å². The highest BCUT2D eigenvalue weighted by Gasteiger charge is 2.15. The Morgan fingerprint density at radius 2 is 2.09 bits per heavy atom. The Balaban J connectivity index is 1.84. The van der Waals surface area contributed by atoms with Crippen molar-refractivity contribution in [1.82, 2.24) is 10.2 Å². The monoisotopic (exact) mass is 304 g/mol. The average molecular weight is 304 g/mol. The number of aryl methyl sites for hydroxylation is 2. The number of piperazine rings is 1. The number of nitrogens with one attached hydrogen (secondary N) is 1. The van der Waals surface area contributed by atoms with Crippen LogP contribution in [0.15, 0.2) is 18.2 Å². The summed E-state index contributed by atoms with van der Waals surface area (Å²) in [6, 6.07) is 6.32. The van der Waals surface area contributed by atoms with E-state index < -0.39 is 0 Å². The van der Waals surface area contributed by atoms with Crippen molar-refractivity contribution in [3.8, 4) is 5.75 Å². The zero-order chi connectivity index (χ0) is 15.8. The molecule has 2 rings (SSSR count). The summed E-state index contributed by atoms with van der Waals surface area (Å²) < 4.78 is 5.81. The molecule has 1 aromatic carbocycles. The van der Waals surface area contributed by atoms with Crippen LogP contribution in [0.4, 0.5) is 0 Å². The molecule has 1 amide bonds. The van der Waals surface area contributed by atoms with Gasteiger partial charge in [-0.2, -0.15) is 0 Å². The van der Waals surface area contributed by atoms with E-state index in [4.69, 9.17) is 4.74 Å². The maximum Gasteiger partial charge on any atom is 0.222 e. The van der Waals surface area contributed by atoms with Gasteiger partial charge in [0.15, 0.2) is 0 Å². The van der Waals surface area contributed by atoms with Gasteiger partial charge >= 0.3 is 0 Å². The molecular weight excluding hydrogens is 276 g/mol. The lowest BCUT2D eigenvalue weighted by Gasteiger charge is -2.27. The molecule has 122 valence electrons. The van der Waals surface area contributed by atoms with Gasteiger partial charge in [-0.05, 0) is 37.8 Å². The lowest BCUT2D eigenvalue weighted by atomic mass is 10.0. The van der Waals surface area contributed by atoms with Crippen LogP contribution in [0.25, 0.3) is 0 Å². The van der Waals surface area contributed by atoms with E-state index in [2.05, 4.69) is 37.4 Å². The van der Waals surface area contributed by atoms with Crippen LogP contribution >= 0.6 is 0 Å². The third kappa shape index (κ3) is 5.02. The van der Waals surface area contributed by atoms with Crippen molar-refractivity contribution in [3.05, 3.63) is 29.3 Å². The molecule has 0 spiro atoms.